The molecular formula is C14H20ClN3OS. The zero-order chi connectivity index (χ0) is 15.3. The molecule has 110 valence electrons. The molecule has 0 fully saturated rings. The number of nitrogens with two attached hydrogens (primary N) is 1. The van der Waals surface area contributed by atoms with Gasteiger partial charge in [-0.05, 0) is 31.0 Å². The third kappa shape index (κ3) is 4.98. The van der Waals surface area contributed by atoms with Crippen molar-refractivity contribution in [3.63, 3.8) is 0 Å². The van der Waals surface area contributed by atoms with Crippen molar-refractivity contribution in [2.75, 3.05) is 11.9 Å². The molecule has 0 saturated heterocycles. The lowest BCUT2D eigenvalue weighted by atomic mass is 10.2. The minimum absolute atomic E-state index is 0.0479. The number of benzene rings is 1. The molecule has 6 heteroatoms. The van der Waals surface area contributed by atoms with E-state index in [2.05, 4.69) is 10.6 Å². The molecule has 1 amide bonds. The zero-order valence-electron chi connectivity index (χ0n) is 11.9. The zero-order valence-corrected chi connectivity index (χ0v) is 13.4. The SMILES string of the molecule is CC(C)CNC(=O)C(C)Nc1ccc(C(N)=S)c(Cl)c1. The second-order valence-corrected chi connectivity index (χ2v) is 5.91. The Bertz CT molecular complexity index is 505. The lowest BCUT2D eigenvalue weighted by molar-refractivity contribution is -0.121. The van der Waals surface area contributed by atoms with Crippen LogP contribution in [0.25, 0.3) is 0 Å². The third-order valence-electron chi connectivity index (χ3n) is 2.70. The van der Waals surface area contributed by atoms with Gasteiger partial charge in [0.1, 0.15) is 11.0 Å². The Labute approximate surface area is 130 Å². The molecule has 4 N–H and O–H groups in total. The summed E-state index contributed by atoms with van der Waals surface area (Å²) in [5.41, 5.74) is 6.93. The van der Waals surface area contributed by atoms with Crippen LogP contribution in [0.1, 0.15) is 26.3 Å². The Morgan fingerprint density at radius 2 is 2.05 bits per heavy atom. The van der Waals surface area contributed by atoms with E-state index in [0.717, 1.165) is 5.69 Å². The molecule has 0 aliphatic heterocycles. The molecule has 0 heterocycles. The predicted octanol–water partition coefficient (Wildman–Crippen LogP) is 2.55. The van der Waals surface area contributed by atoms with Gasteiger partial charge in [0, 0.05) is 17.8 Å². The summed E-state index contributed by atoms with van der Waals surface area (Å²) in [6.45, 7) is 6.55. The van der Waals surface area contributed by atoms with Crippen molar-refractivity contribution in [1.82, 2.24) is 5.32 Å². The first-order valence-corrected chi connectivity index (χ1v) is 7.23. The molecule has 0 saturated carbocycles. The minimum atomic E-state index is -0.347. The van der Waals surface area contributed by atoms with E-state index < -0.39 is 0 Å². The topological polar surface area (TPSA) is 67.2 Å². The maximum atomic E-state index is 11.9. The summed E-state index contributed by atoms with van der Waals surface area (Å²) >= 11 is 11.0. The molecule has 1 unspecified atom stereocenters. The number of thiocarbonyl (C=S) groups is 1. The largest absolute Gasteiger partial charge is 0.389 e. The van der Waals surface area contributed by atoms with Crippen LogP contribution in [0.2, 0.25) is 5.02 Å². The first-order chi connectivity index (χ1) is 9.31. The van der Waals surface area contributed by atoms with Crippen LogP contribution in [0.5, 0.6) is 0 Å². The Balaban J connectivity index is 2.66. The van der Waals surface area contributed by atoms with Crippen molar-refractivity contribution < 1.29 is 4.79 Å². The van der Waals surface area contributed by atoms with Gasteiger partial charge in [0.15, 0.2) is 0 Å². The number of hydrogen-bond acceptors (Lipinski definition) is 3. The van der Waals surface area contributed by atoms with Crippen molar-refractivity contribution in [2.45, 2.75) is 26.8 Å². The minimum Gasteiger partial charge on any atom is -0.389 e. The van der Waals surface area contributed by atoms with Gasteiger partial charge in [0.25, 0.3) is 0 Å². The first-order valence-electron chi connectivity index (χ1n) is 6.45. The van der Waals surface area contributed by atoms with Crippen LogP contribution in [0.4, 0.5) is 5.69 Å². The molecule has 1 aromatic rings. The number of anilines is 1. The summed E-state index contributed by atoms with van der Waals surface area (Å²) in [6, 6.07) is 4.90. The summed E-state index contributed by atoms with van der Waals surface area (Å²) in [4.78, 5) is 12.1. The van der Waals surface area contributed by atoms with E-state index in [-0.39, 0.29) is 16.9 Å². The van der Waals surface area contributed by atoms with Crippen LogP contribution in [-0.4, -0.2) is 23.5 Å². The van der Waals surface area contributed by atoms with Crippen LogP contribution < -0.4 is 16.4 Å². The van der Waals surface area contributed by atoms with Gasteiger partial charge in [-0.2, -0.15) is 0 Å². The van der Waals surface area contributed by atoms with E-state index >= 15 is 0 Å². The average molecular weight is 314 g/mol. The summed E-state index contributed by atoms with van der Waals surface area (Å²) < 4.78 is 0. The highest BCUT2D eigenvalue weighted by molar-refractivity contribution is 7.80. The maximum Gasteiger partial charge on any atom is 0.242 e. The molecular weight excluding hydrogens is 294 g/mol. The van der Waals surface area contributed by atoms with Gasteiger partial charge in [0.05, 0.1) is 5.02 Å². The van der Waals surface area contributed by atoms with Gasteiger partial charge in [0.2, 0.25) is 5.91 Å². The average Bonchev–Trinajstić information content (AvgIpc) is 2.35. The number of rotatable bonds is 6. The van der Waals surface area contributed by atoms with E-state index in [4.69, 9.17) is 29.6 Å². The number of halogens is 1. The molecule has 1 rings (SSSR count). The molecule has 4 nitrogen and oxygen atoms in total. The fourth-order valence-electron chi connectivity index (χ4n) is 1.58. The fraction of sp³-hybridized carbons (Fsp3) is 0.429. The summed E-state index contributed by atoms with van der Waals surface area (Å²) in [7, 11) is 0. The van der Waals surface area contributed by atoms with Gasteiger partial charge in [-0.25, -0.2) is 0 Å². The third-order valence-corrected chi connectivity index (χ3v) is 3.23. The van der Waals surface area contributed by atoms with Crippen LogP contribution in [0, 0.1) is 5.92 Å². The Hall–Kier alpha value is -1.33. The Morgan fingerprint density at radius 1 is 1.40 bits per heavy atom. The number of nitrogens with one attached hydrogen (secondary N) is 2. The molecule has 0 radical (unpaired) electrons. The van der Waals surface area contributed by atoms with Crippen molar-refractivity contribution in [2.24, 2.45) is 11.7 Å². The summed E-state index contributed by atoms with van der Waals surface area (Å²) in [6.07, 6.45) is 0. The van der Waals surface area contributed by atoms with Gasteiger partial charge < -0.3 is 16.4 Å². The van der Waals surface area contributed by atoms with E-state index in [1.807, 2.05) is 13.8 Å². The highest BCUT2D eigenvalue weighted by Crippen LogP contribution is 2.21. The van der Waals surface area contributed by atoms with E-state index in [1.165, 1.54) is 0 Å². The Morgan fingerprint density at radius 3 is 2.55 bits per heavy atom. The lowest BCUT2D eigenvalue weighted by Gasteiger charge is -2.17. The van der Waals surface area contributed by atoms with E-state index in [9.17, 15) is 4.79 Å². The smallest absolute Gasteiger partial charge is 0.242 e. The van der Waals surface area contributed by atoms with E-state index in [0.29, 0.717) is 23.0 Å². The second-order valence-electron chi connectivity index (χ2n) is 5.06. The number of amides is 1. The standard InChI is InChI=1S/C14H20ClN3OS/c1-8(2)7-17-14(19)9(3)18-10-4-5-11(13(16)20)12(15)6-10/h4-6,8-9,18H,7H2,1-3H3,(H2,16,20)(H,17,19). The summed E-state index contributed by atoms with van der Waals surface area (Å²) in [5, 5.41) is 6.43. The van der Waals surface area contributed by atoms with Gasteiger partial charge in [-0.3, -0.25) is 4.79 Å². The van der Waals surface area contributed by atoms with Crippen LogP contribution in [0.3, 0.4) is 0 Å². The fourth-order valence-corrected chi connectivity index (χ4v) is 2.09. The predicted molar refractivity (Wildman–Crippen MR) is 88.3 cm³/mol. The Kier molecular flexibility index (Phi) is 6.23. The molecule has 0 spiro atoms. The highest BCUT2D eigenvalue weighted by atomic mass is 35.5. The van der Waals surface area contributed by atoms with Crippen molar-refractivity contribution in [3.05, 3.63) is 28.8 Å². The monoisotopic (exact) mass is 313 g/mol. The van der Waals surface area contributed by atoms with Crippen LogP contribution in [0.15, 0.2) is 18.2 Å². The summed E-state index contributed by atoms with van der Waals surface area (Å²) in [5.74, 6) is 0.374. The van der Waals surface area contributed by atoms with Crippen LogP contribution in [-0.2, 0) is 4.79 Å². The molecule has 0 aliphatic carbocycles. The quantitative estimate of drug-likeness (QED) is 0.706. The van der Waals surface area contributed by atoms with Crippen molar-refractivity contribution >= 4 is 40.4 Å². The normalized spacial score (nSPS) is 12.1. The van der Waals surface area contributed by atoms with E-state index in [1.54, 1.807) is 25.1 Å². The maximum absolute atomic E-state index is 11.9. The molecule has 20 heavy (non-hydrogen) atoms. The number of hydrogen-bond donors (Lipinski definition) is 3. The van der Waals surface area contributed by atoms with Crippen molar-refractivity contribution in [3.8, 4) is 0 Å². The molecule has 0 aromatic heterocycles. The molecule has 0 bridgehead atoms. The van der Waals surface area contributed by atoms with Crippen molar-refractivity contribution in [1.29, 1.82) is 0 Å². The lowest BCUT2D eigenvalue weighted by Crippen LogP contribution is -2.39. The van der Waals surface area contributed by atoms with Gasteiger partial charge in [-0.15, -0.1) is 0 Å². The molecule has 0 aliphatic rings. The number of carbonyl (C=O) groups is 1. The second kappa shape index (κ2) is 7.45. The molecule has 1 atom stereocenters. The first kappa shape index (κ1) is 16.7. The van der Waals surface area contributed by atoms with Crippen LogP contribution >= 0.6 is 23.8 Å². The molecule has 1 aromatic carbocycles. The highest BCUT2D eigenvalue weighted by Gasteiger charge is 2.13. The number of carbonyl (C=O) groups excluding carboxylic acids is 1. The van der Waals surface area contributed by atoms with Gasteiger partial charge in [-0.1, -0.05) is 37.7 Å². The van der Waals surface area contributed by atoms with Gasteiger partial charge >= 0.3 is 0 Å².